The van der Waals surface area contributed by atoms with Crippen LogP contribution in [0.4, 0.5) is 11.4 Å². The molecule has 1 aromatic carbocycles. The average molecular weight is 310 g/mol. The van der Waals surface area contributed by atoms with Gasteiger partial charge in [-0.25, -0.2) is 0 Å². The molecule has 112 valence electrons. The van der Waals surface area contributed by atoms with E-state index in [-0.39, 0.29) is 28.6 Å². The van der Waals surface area contributed by atoms with E-state index in [1.165, 1.54) is 12.1 Å². The Kier molecular flexibility index (Phi) is 3.59. The van der Waals surface area contributed by atoms with Crippen LogP contribution in [0, 0.1) is 23.0 Å². The summed E-state index contributed by atoms with van der Waals surface area (Å²) in [6, 6.07) is 3.54. The number of nitro groups is 1. The number of anilines is 1. The topological polar surface area (TPSA) is 84.3 Å². The fourth-order valence-corrected chi connectivity index (χ4v) is 3.51. The summed E-state index contributed by atoms with van der Waals surface area (Å²) in [4.78, 5) is 22.7. The monoisotopic (exact) mass is 309 g/mol. The number of rotatable bonds is 3. The SMILES string of the molecule is Cc1cc([N+](=O)[O-])c(Cl)cc1NC(=O)C1CC2CCC1N2. The number of hydrogen-bond donors (Lipinski definition) is 2. The Bertz CT molecular complexity index is 620. The Labute approximate surface area is 127 Å². The molecule has 0 saturated carbocycles. The largest absolute Gasteiger partial charge is 0.325 e. The van der Waals surface area contributed by atoms with Crippen LogP contribution in [0.25, 0.3) is 0 Å². The highest BCUT2D eigenvalue weighted by Crippen LogP contribution is 2.35. The standard InChI is InChI=1S/C14H16ClN3O3/c1-7-4-13(18(20)21)10(15)6-12(7)17-14(19)9-5-8-2-3-11(9)16-8/h4,6,8-9,11,16H,2-3,5H2,1H3,(H,17,19). The molecule has 6 nitrogen and oxygen atoms in total. The minimum atomic E-state index is -0.527. The normalized spacial score (nSPS) is 26.9. The lowest BCUT2D eigenvalue weighted by atomic mass is 9.88. The van der Waals surface area contributed by atoms with Gasteiger partial charge < -0.3 is 10.6 Å². The molecule has 2 aliphatic rings. The van der Waals surface area contributed by atoms with Crippen molar-refractivity contribution in [2.75, 3.05) is 5.32 Å². The predicted molar refractivity (Wildman–Crippen MR) is 79.5 cm³/mol. The lowest BCUT2D eigenvalue weighted by molar-refractivity contribution is -0.384. The van der Waals surface area contributed by atoms with Crippen molar-refractivity contribution in [3.8, 4) is 0 Å². The molecular formula is C14H16ClN3O3. The van der Waals surface area contributed by atoms with E-state index < -0.39 is 4.92 Å². The van der Waals surface area contributed by atoms with E-state index in [4.69, 9.17) is 11.6 Å². The van der Waals surface area contributed by atoms with Gasteiger partial charge in [0.05, 0.1) is 10.8 Å². The molecule has 2 N–H and O–H groups in total. The summed E-state index contributed by atoms with van der Waals surface area (Å²) in [5, 5.41) is 17.1. The second-order valence-corrected chi connectivity index (χ2v) is 6.16. The fraction of sp³-hybridized carbons (Fsp3) is 0.500. The number of halogens is 1. The smallest absolute Gasteiger partial charge is 0.288 e. The van der Waals surface area contributed by atoms with Gasteiger partial charge in [-0.3, -0.25) is 14.9 Å². The maximum absolute atomic E-state index is 12.4. The number of carbonyl (C=O) groups is 1. The molecule has 0 spiro atoms. The van der Waals surface area contributed by atoms with E-state index in [1.807, 2.05) is 0 Å². The van der Waals surface area contributed by atoms with Crippen molar-refractivity contribution >= 4 is 28.9 Å². The third kappa shape index (κ3) is 2.61. The van der Waals surface area contributed by atoms with Crippen LogP contribution >= 0.6 is 11.6 Å². The van der Waals surface area contributed by atoms with Gasteiger partial charge in [-0.1, -0.05) is 11.6 Å². The maximum Gasteiger partial charge on any atom is 0.288 e. The van der Waals surface area contributed by atoms with Gasteiger partial charge >= 0.3 is 0 Å². The van der Waals surface area contributed by atoms with Gasteiger partial charge in [0.15, 0.2) is 0 Å². The Balaban J connectivity index is 1.77. The number of benzene rings is 1. The summed E-state index contributed by atoms with van der Waals surface area (Å²) in [7, 11) is 0. The van der Waals surface area contributed by atoms with Crippen LogP contribution in [-0.2, 0) is 4.79 Å². The number of hydrogen-bond acceptors (Lipinski definition) is 4. The molecule has 2 saturated heterocycles. The van der Waals surface area contributed by atoms with Crippen LogP contribution in [0.15, 0.2) is 12.1 Å². The second-order valence-electron chi connectivity index (χ2n) is 5.75. The lowest BCUT2D eigenvalue weighted by Gasteiger charge is -2.20. The molecule has 3 rings (SSSR count). The van der Waals surface area contributed by atoms with Gasteiger partial charge in [-0.15, -0.1) is 0 Å². The number of amides is 1. The number of nitrogens with one attached hydrogen (secondary N) is 2. The Hall–Kier alpha value is -1.66. The maximum atomic E-state index is 12.4. The van der Waals surface area contributed by atoms with Crippen LogP contribution in [0.2, 0.25) is 5.02 Å². The predicted octanol–water partition coefficient (Wildman–Crippen LogP) is 2.64. The highest BCUT2D eigenvalue weighted by Gasteiger charge is 2.42. The average Bonchev–Trinajstić information content (AvgIpc) is 3.04. The minimum absolute atomic E-state index is 0.0304. The number of carbonyl (C=O) groups excluding carboxylic acids is 1. The zero-order chi connectivity index (χ0) is 15.1. The van der Waals surface area contributed by atoms with Crippen molar-refractivity contribution in [2.24, 2.45) is 5.92 Å². The van der Waals surface area contributed by atoms with E-state index >= 15 is 0 Å². The van der Waals surface area contributed by atoms with E-state index in [1.54, 1.807) is 6.92 Å². The van der Waals surface area contributed by atoms with Crippen LogP contribution < -0.4 is 10.6 Å². The molecule has 3 atom stereocenters. The Morgan fingerprint density at radius 3 is 2.81 bits per heavy atom. The summed E-state index contributed by atoms with van der Waals surface area (Å²) in [5.41, 5.74) is 1.03. The Morgan fingerprint density at radius 1 is 1.48 bits per heavy atom. The number of nitro benzene ring substituents is 1. The number of fused-ring (bicyclic) bond motifs is 2. The molecule has 1 aromatic rings. The van der Waals surface area contributed by atoms with Crippen LogP contribution in [-0.4, -0.2) is 22.9 Å². The first-order valence-electron chi connectivity index (χ1n) is 6.97. The van der Waals surface area contributed by atoms with Gasteiger partial charge in [-0.05, 0) is 37.8 Å². The molecule has 3 unspecified atom stereocenters. The van der Waals surface area contributed by atoms with Crippen LogP contribution in [0.3, 0.4) is 0 Å². The molecule has 0 aromatic heterocycles. The van der Waals surface area contributed by atoms with Crippen LogP contribution in [0.5, 0.6) is 0 Å². The van der Waals surface area contributed by atoms with Crippen molar-refractivity contribution in [2.45, 2.75) is 38.3 Å². The first-order chi connectivity index (χ1) is 9.95. The van der Waals surface area contributed by atoms with E-state index in [0.717, 1.165) is 19.3 Å². The fourth-order valence-electron chi connectivity index (χ4n) is 3.28. The zero-order valence-corrected chi connectivity index (χ0v) is 12.3. The molecule has 0 aliphatic carbocycles. The minimum Gasteiger partial charge on any atom is -0.325 e. The quantitative estimate of drug-likeness (QED) is 0.664. The second kappa shape index (κ2) is 5.27. The van der Waals surface area contributed by atoms with E-state index in [9.17, 15) is 14.9 Å². The molecule has 2 aliphatic heterocycles. The molecule has 2 fully saturated rings. The van der Waals surface area contributed by atoms with Crippen molar-refractivity contribution in [3.63, 3.8) is 0 Å². The summed E-state index contributed by atoms with van der Waals surface area (Å²) >= 11 is 5.90. The van der Waals surface area contributed by atoms with Crippen molar-refractivity contribution in [1.29, 1.82) is 0 Å². The van der Waals surface area contributed by atoms with Gasteiger partial charge in [0, 0.05) is 23.8 Å². The summed E-state index contributed by atoms with van der Waals surface area (Å²) in [6.07, 6.45) is 3.02. The van der Waals surface area contributed by atoms with E-state index in [2.05, 4.69) is 10.6 Å². The highest BCUT2D eigenvalue weighted by molar-refractivity contribution is 6.33. The zero-order valence-electron chi connectivity index (χ0n) is 11.6. The number of nitrogens with zero attached hydrogens (tertiary/aromatic N) is 1. The highest BCUT2D eigenvalue weighted by atomic mass is 35.5. The van der Waals surface area contributed by atoms with Crippen molar-refractivity contribution in [1.82, 2.24) is 5.32 Å². The first kappa shape index (κ1) is 14.3. The molecule has 0 radical (unpaired) electrons. The van der Waals surface area contributed by atoms with Crippen molar-refractivity contribution in [3.05, 3.63) is 32.8 Å². The third-order valence-corrected chi connectivity index (χ3v) is 4.69. The summed E-state index contributed by atoms with van der Waals surface area (Å²) in [5.74, 6) is -0.0696. The van der Waals surface area contributed by atoms with Crippen molar-refractivity contribution < 1.29 is 9.72 Å². The molecule has 21 heavy (non-hydrogen) atoms. The summed E-state index contributed by atoms with van der Waals surface area (Å²) in [6.45, 7) is 1.72. The van der Waals surface area contributed by atoms with Gasteiger partial charge in [-0.2, -0.15) is 0 Å². The molecular weight excluding hydrogens is 294 g/mol. The molecule has 1 amide bonds. The molecule has 2 heterocycles. The first-order valence-corrected chi connectivity index (χ1v) is 7.35. The number of aryl methyl sites for hydroxylation is 1. The van der Waals surface area contributed by atoms with Crippen LogP contribution in [0.1, 0.15) is 24.8 Å². The molecule has 7 heteroatoms. The molecule has 2 bridgehead atoms. The lowest BCUT2D eigenvalue weighted by Crippen LogP contribution is -2.33. The van der Waals surface area contributed by atoms with Gasteiger partial charge in [0.1, 0.15) is 5.02 Å². The third-order valence-electron chi connectivity index (χ3n) is 4.39. The van der Waals surface area contributed by atoms with E-state index in [0.29, 0.717) is 17.3 Å². The van der Waals surface area contributed by atoms with Gasteiger partial charge in [0.2, 0.25) is 5.91 Å². The summed E-state index contributed by atoms with van der Waals surface area (Å²) < 4.78 is 0. The van der Waals surface area contributed by atoms with Gasteiger partial charge in [0.25, 0.3) is 5.69 Å². The Morgan fingerprint density at radius 2 is 2.24 bits per heavy atom.